The summed E-state index contributed by atoms with van der Waals surface area (Å²) in [7, 11) is 0. The Kier molecular flexibility index (Phi) is 6.42. The number of halogens is 2. The lowest BCUT2D eigenvalue weighted by molar-refractivity contribution is 0.578. The molecule has 0 amide bonds. The van der Waals surface area contributed by atoms with Crippen LogP contribution in [0.4, 0.5) is 8.78 Å². The van der Waals surface area contributed by atoms with Crippen molar-refractivity contribution in [2.24, 2.45) is 0 Å². The second kappa shape index (κ2) is 7.63. The summed E-state index contributed by atoms with van der Waals surface area (Å²) in [5.74, 6) is 1.19. The summed E-state index contributed by atoms with van der Waals surface area (Å²) in [6, 6.07) is 3.66. The summed E-state index contributed by atoms with van der Waals surface area (Å²) in [6.45, 7) is 3.82. The topological polar surface area (TPSA) is 12.0 Å². The van der Waals surface area contributed by atoms with Gasteiger partial charge in [-0.1, -0.05) is 6.92 Å². The Balaban J connectivity index is 2.21. The maximum absolute atomic E-state index is 12.8. The summed E-state index contributed by atoms with van der Waals surface area (Å²) in [5.41, 5.74) is 0.702. The maximum atomic E-state index is 12.8. The molecule has 0 heterocycles. The molecular formula is C12H17F2NS. The Morgan fingerprint density at radius 1 is 1.12 bits per heavy atom. The van der Waals surface area contributed by atoms with E-state index in [2.05, 4.69) is 12.2 Å². The third kappa shape index (κ3) is 5.47. The van der Waals surface area contributed by atoms with E-state index in [1.54, 1.807) is 0 Å². The maximum Gasteiger partial charge on any atom is 0.126 e. The minimum Gasteiger partial charge on any atom is -0.316 e. The fourth-order valence-electron chi connectivity index (χ4n) is 1.40. The molecule has 1 aromatic carbocycles. The first-order valence-corrected chi connectivity index (χ1v) is 6.61. The first kappa shape index (κ1) is 13.5. The first-order chi connectivity index (χ1) is 7.72. The van der Waals surface area contributed by atoms with Gasteiger partial charge >= 0.3 is 0 Å². The molecule has 0 bridgehead atoms. The summed E-state index contributed by atoms with van der Waals surface area (Å²) in [5, 5.41) is 3.24. The van der Waals surface area contributed by atoms with Crippen molar-refractivity contribution in [1.82, 2.24) is 5.32 Å². The van der Waals surface area contributed by atoms with Crippen molar-refractivity contribution in [2.45, 2.75) is 13.3 Å². The van der Waals surface area contributed by atoms with Crippen molar-refractivity contribution < 1.29 is 8.78 Å². The molecule has 0 radical (unpaired) electrons. The van der Waals surface area contributed by atoms with Gasteiger partial charge in [0.2, 0.25) is 0 Å². The highest BCUT2D eigenvalue weighted by molar-refractivity contribution is 7.99. The second-order valence-corrected chi connectivity index (χ2v) is 4.87. The van der Waals surface area contributed by atoms with Crippen LogP contribution in [0.25, 0.3) is 0 Å². The van der Waals surface area contributed by atoms with E-state index in [-0.39, 0.29) is 0 Å². The Bertz CT molecular complexity index is 298. The molecule has 0 aliphatic rings. The van der Waals surface area contributed by atoms with E-state index in [9.17, 15) is 8.78 Å². The van der Waals surface area contributed by atoms with Crippen LogP contribution in [0.3, 0.4) is 0 Å². The Morgan fingerprint density at radius 2 is 1.81 bits per heavy atom. The van der Waals surface area contributed by atoms with Crippen LogP contribution in [0.2, 0.25) is 0 Å². The van der Waals surface area contributed by atoms with E-state index in [1.165, 1.54) is 12.1 Å². The van der Waals surface area contributed by atoms with Gasteiger partial charge in [0, 0.05) is 18.4 Å². The summed E-state index contributed by atoms with van der Waals surface area (Å²) in [6.07, 6.45) is 0.658. The lowest BCUT2D eigenvalue weighted by Crippen LogP contribution is -2.20. The van der Waals surface area contributed by atoms with Crippen molar-refractivity contribution in [2.75, 3.05) is 24.6 Å². The van der Waals surface area contributed by atoms with Gasteiger partial charge in [-0.3, -0.25) is 0 Å². The van der Waals surface area contributed by atoms with Crippen molar-refractivity contribution in [3.8, 4) is 0 Å². The molecule has 0 fully saturated rings. The summed E-state index contributed by atoms with van der Waals surface area (Å²) in [4.78, 5) is 0. The highest BCUT2D eigenvalue weighted by Crippen LogP contribution is 2.08. The van der Waals surface area contributed by atoms with E-state index in [1.807, 2.05) is 11.8 Å². The van der Waals surface area contributed by atoms with Crippen LogP contribution in [0, 0.1) is 11.6 Å². The predicted octanol–water partition coefficient (Wildman–Crippen LogP) is 2.85. The fraction of sp³-hybridized carbons (Fsp3) is 0.500. The third-order valence-corrected chi connectivity index (χ3v) is 3.04. The average Bonchev–Trinajstić information content (AvgIpc) is 2.22. The molecule has 4 heteroatoms. The van der Waals surface area contributed by atoms with Crippen molar-refractivity contribution in [1.29, 1.82) is 0 Å². The number of benzene rings is 1. The van der Waals surface area contributed by atoms with Gasteiger partial charge in [-0.05, 0) is 36.4 Å². The van der Waals surface area contributed by atoms with E-state index < -0.39 is 11.6 Å². The molecule has 1 rings (SSSR count). The van der Waals surface area contributed by atoms with Crippen LogP contribution in [-0.4, -0.2) is 24.6 Å². The zero-order chi connectivity index (χ0) is 11.8. The average molecular weight is 245 g/mol. The van der Waals surface area contributed by atoms with Gasteiger partial charge < -0.3 is 5.32 Å². The molecule has 0 spiro atoms. The van der Waals surface area contributed by atoms with Crippen LogP contribution in [-0.2, 0) is 6.42 Å². The number of thioether (sulfide) groups is 1. The lowest BCUT2D eigenvalue weighted by Gasteiger charge is -2.04. The molecule has 0 saturated carbocycles. The third-order valence-electron chi connectivity index (χ3n) is 2.14. The molecule has 0 aliphatic carbocycles. The molecular weight excluding hydrogens is 228 g/mol. The molecule has 16 heavy (non-hydrogen) atoms. The van der Waals surface area contributed by atoms with E-state index in [0.717, 1.165) is 30.7 Å². The molecule has 90 valence electrons. The van der Waals surface area contributed by atoms with E-state index in [0.29, 0.717) is 12.0 Å². The number of nitrogens with one attached hydrogen (secondary N) is 1. The van der Waals surface area contributed by atoms with Crippen molar-refractivity contribution in [3.05, 3.63) is 35.4 Å². The zero-order valence-electron chi connectivity index (χ0n) is 9.43. The van der Waals surface area contributed by atoms with Crippen LogP contribution in [0.5, 0.6) is 0 Å². The highest BCUT2D eigenvalue weighted by atomic mass is 32.2. The number of hydrogen-bond acceptors (Lipinski definition) is 2. The quantitative estimate of drug-likeness (QED) is 0.741. The van der Waals surface area contributed by atoms with Crippen molar-refractivity contribution in [3.63, 3.8) is 0 Å². The SMILES string of the molecule is CCSCCNCCc1cc(F)cc(F)c1. The molecule has 1 N–H and O–H groups in total. The van der Waals surface area contributed by atoms with E-state index in [4.69, 9.17) is 0 Å². The van der Waals surface area contributed by atoms with Gasteiger partial charge in [0.05, 0.1) is 0 Å². The van der Waals surface area contributed by atoms with Crippen LogP contribution in [0.15, 0.2) is 18.2 Å². The van der Waals surface area contributed by atoms with Gasteiger partial charge in [-0.2, -0.15) is 11.8 Å². The van der Waals surface area contributed by atoms with Gasteiger partial charge in [-0.15, -0.1) is 0 Å². The molecule has 1 aromatic rings. The molecule has 0 saturated heterocycles. The Morgan fingerprint density at radius 3 is 2.44 bits per heavy atom. The normalized spacial score (nSPS) is 10.7. The summed E-state index contributed by atoms with van der Waals surface area (Å²) >= 11 is 1.88. The molecule has 0 atom stereocenters. The smallest absolute Gasteiger partial charge is 0.126 e. The number of rotatable bonds is 7. The standard InChI is InChI=1S/C12H17F2NS/c1-2-16-6-5-15-4-3-10-7-11(13)9-12(14)8-10/h7-9,15H,2-6H2,1H3. The van der Waals surface area contributed by atoms with Gasteiger partial charge in [0.15, 0.2) is 0 Å². The second-order valence-electron chi connectivity index (χ2n) is 3.47. The number of hydrogen-bond donors (Lipinski definition) is 1. The van der Waals surface area contributed by atoms with Crippen LogP contribution in [0.1, 0.15) is 12.5 Å². The molecule has 0 unspecified atom stereocenters. The van der Waals surface area contributed by atoms with Crippen molar-refractivity contribution >= 4 is 11.8 Å². The largest absolute Gasteiger partial charge is 0.316 e. The molecule has 0 aliphatic heterocycles. The van der Waals surface area contributed by atoms with Crippen LogP contribution >= 0.6 is 11.8 Å². The Hall–Kier alpha value is -0.610. The van der Waals surface area contributed by atoms with Gasteiger partial charge in [0.1, 0.15) is 11.6 Å². The lowest BCUT2D eigenvalue weighted by atomic mass is 10.1. The molecule has 0 aromatic heterocycles. The summed E-state index contributed by atoms with van der Waals surface area (Å²) < 4.78 is 25.7. The predicted molar refractivity (Wildman–Crippen MR) is 65.9 cm³/mol. The minimum absolute atomic E-state index is 0.503. The monoisotopic (exact) mass is 245 g/mol. The highest BCUT2D eigenvalue weighted by Gasteiger charge is 2.00. The van der Waals surface area contributed by atoms with Crippen LogP contribution < -0.4 is 5.32 Å². The fourth-order valence-corrected chi connectivity index (χ4v) is 1.98. The molecule has 1 nitrogen and oxygen atoms in total. The van der Waals surface area contributed by atoms with Gasteiger partial charge in [0.25, 0.3) is 0 Å². The zero-order valence-corrected chi connectivity index (χ0v) is 10.2. The Labute approximate surface area is 99.6 Å². The van der Waals surface area contributed by atoms with Gasteiger partial charge in [-0.25, -0.2) is 8.78 Å². The first-order valence-electron chi connectivity index (χ1n) is 5.46. The van der Waals surface area contributed by atoms with E-state index >= 15 is 0 Å². The minimum atomic E-state index is -0.503.